The maximum absolute atomic E-state index is 10.6. The van der Waals surface area contributed by atoms with E-state index in [4.69, 9.17) is 9.47 Å². The average Bonchev–Trinajstić information content (AvgIpc) is 2.50. The zero-order chi connectivity index (χ0) is 9.42. The molecule has 1 aromatic rings. The summed E-state index contributed by atoms with van der Waals surface area (Å²) in [5.41, 5.74) is -0.0180. The van der Waals surface area contributed by atoms with Crippen molar-refractivity contribution in [1.82, 2.24) is 0 Å². The molecule has 13 heavy (non-hydrogen) atoms. The van der Waals surface area contributed by atoms with Crippen molar-refractivity contribution in [2.45, 2.75) is 0 Å². The van der Waals surface area contributed by atoms with Crippen molar-refractivity contribution in [3.8, 4) is 11.5 Å². The molecule has 1 aliphatic heterocycles. The fraction of sp³-hybridized carbons (Fsp3) is 0.143. The Kier molecular flexibility index (Phi) is 1.98. The molecule has 0 unspecified atom stereocenters. The van der Waals surface area contributed by atoms with E-state index in [2.05, 4.69) is 0 Å². The topological polar surface area (TPSA) is 61.6 Å². The maximum atomic E-state index is 10.6. The predicted octanol–water partition coefficient (Wildman–Crippen LogP) is 1.93. The Morgan fingerprint density at radius 1 is 1.46 bits per heavy atom. The number of halogens is 1. The van der Waals surface area contributed by atoms with Crippen molar-refractivity contribution in [2.75, 3.05) is 6.79 Å². The Morgan fingerprint density at radius 2 is 2.23 bits per heavy atom. The molecular formula is C7H4INO4. The van der Waals surface area contributed by atoms with E-state index in [-0.39, 0.29) is 18.2 Å². The second kappa shape index (κ2) is 3.02. The summed E-state index contributed by atoms with van der Waals surface area (Å²) in [6.45, 7) is 0.0519. The number of nitro benzene ring substituents is 1. The summed E-state index contributed by atoms with van der Waals surface area (Å²) in [5, 5.41) is 10.6. The maximum Gasteiger partial charge on any atom is 0.328 e. The molecule has 0 saturated heterocycles. The fourth-order valence-corrected chi connectivity index (χ4v) is 1.73. The highest BCUT2D eigenvalue weighted by atomic mass is 127. The van der Waals surface area contributed by atoms with E-state index in [1.165, 1.54) is 0 Å². The van der Waals surface area contributed by atoms with Crippen LogP contribution in [0.25, 0.3) is 0 Å². The van der Waals surface area contributed by atoms with Crippen molar-refractivity contribution < 1.29 is 14.4 Å². The summed E-state index contributed by atoms with van der Waals surface area (Å²) in [6.07, 6.45) is 0. The van der Waals surface area contributed by atoms with Gasteiger partial charge in [0.05, 0.1) is 8.49 Å². The van der Waals surface area contributed by atoms with Gasteiger partial charge in [0, 0.05) is 0 Å². The Balaban J connectivity index is 2.65. The quantitative estimate of drug-likeness (QED) is 0.451. The highest BCUT2D eigenvalue weighted by molar-refractivity contribution is 14.1. The lowest BCUT2D eigenvalue weighted by atomic mass is 10.3. The number of hydrogen-bond acceptors (Lipinski definition) is 4. The summed E-state index contributed by atoms with van der Waals surface area (Å²) in [7, 11) is 0. The van der Waals surface area contributed by atoms with Gasteiger partial charge < -0.3 is 9.47 Å². The van der Waals surface area contributed by atoms with E-state index in [1.807, 2.05) is 22.6 Å². The third-order valence-electron chi connectivity index (χ3n) is 1.65. The first-order valence-electron chi connectivity index (χ1n) is 3.42. The lowest BCUT2D eigenvalue weighted by Crippen LogP contribution is -1.96. The molecule has 68 valence electrons. The molecule has 6 heteroatoms. The van der Waals surface area contributed by atoms with Gasteiger partial charge in [-0.05, 0) is 34.7 Å². The van der Waals surface area contributed by atoms with Crippen LogP contribution in [0, 0.1) is 13.7 Å². The van der Waals surface area contributed by atoms with Gasteiger partial charge in [0.15, 0.2) is 5.75 Å². The molecule has 0 radical (unpaired) electrons. The molecule has 2 rings (SSSR count). The van der Waals surface area contributed by atoms with E-state index in [0.29, 0.717) is 9.32 Å². The molecule has 1 aliphatic rings. The van der Waals surface area contributed by atoms with Gasteiger partial charge >= 0.3 is 5.69 Å². The molecule has 0 aromatic heterocycles. The van der Waals surface area contributed by atoms with E-state index in [9.17, 15) is 10.1 Å². The molecule has 0 aliphatic carbocycles. The van der Waals surface area contributed by atoms with Crippen LogP contribution >= 0.6 is 22.6 Å². The molecule has 1 aromatic carbocycles. The Morgan fingerprint density at radius 3 is 2.92 bits per heavy atom. The molecule has 0 atom stereocenters. The van der Waals surface area contributed by atoms with E-state index in [0.717, 1.165) is 0 Å². The first-order chi connectivity index (χ1) is 6.20. The first kappa shape index (κ1) is 8.54. The Labute approximate surface area is 86.9 Å². The normalized spacial score (nSPS) is 13.0. The SMILES string of the molecule is O=[N+]([O-])c1c(I)ccc2c1OCO2. The highest BCUT2D eigenvalue weighted by Crippen LogP contribution is 2.42. The molecule has 1 heterocycles. The van der Waals surface area contributed by atoms with Gasteiger partial charge in [-0.3, -0.25) is 10.1 Å². The van der Waals surface area contributed by atoms with Crippen LogP contribution in [-0.4, -0.2) is 11.7 Å². The minimum absolute atomic E-state index is 0.0180. The second-order valence-electron chi connectivity index (χ2n) is 2.39. The number of benzene rings is 1. The van der Waals surface area contributed by atoms with Crippen molar-refractivity contribution in [2.24, 2.45) is 0 Å². The van der Waals surface area contributed by atoms with Crippen molar-refractivity contribution in [3.63, 3.8) is 0 Å². The van der Waals surface area contributed by atoms with Crippen molar-refractivity contribution in [1.29, 1.82) is 0 Å². The summed E-state index contributed by atoms with van der Waals surface area (Å²) in [4.78, 5) is 10.2. The van der Waals surface area contributed by atoms with Crippen LogP contribution in [0.4, 0.5) is 5.69 Å². The average molecular weight is 293 g/mol. The fourth-order valence-electron chi connectivity index (χ4n) is 1.10. The van der Waals surface area contributed by atoms with Crippen LogP contribution in [0.5, 0.6) is 11.5 Å². The molecule has 0 bridgehead atoms. The van der Waals surface area contributed by atoms with Gasteiger partial charge in [-0.1, -0.05) is 0 Å². The number of nitrogens with zero attached hydrogens (tertiary/aromatic N) is 1. The molecule has 0 amide bonds. The number of ether oxygens (including phenoxy) is 2. The summed E-state index contributed by atoms with van der Waals surface area (Å²) < 4.78 is 10.6. The largest absolute Gasteiger partial charge is 0.453 e. The minimum Gasteiger partial charge on any atom is -0.453 e. The van der Waals surface area contributed by atoms with Crippen LogP contribution in [-0.2, 0) is 0 Å². The molecule has 0 saturated carbocycles. The van der Waals surface area contributed by atoms with Crippen LogP contribution in [0.15, 0.2) is 12.1 Å². The zero-order valence-electron chi connectivity index (χ0n) is 6.32. The van der Waals surface area contributed by atoms with Gasteiger partial charge in [-0.15, -0.1) is 0 Å². The second-order valence-corrected chi connectivity index (χ2v) is 3.55. The number of hydrogen-bond donors (Lipinski definition) is 0. The third-order valence-corrected chi connectivity index (χ3v) is 2.52. The van der Waals surface area contributed by atoms with E-state index in [1.54, 1.807) is 12.1 Å². The zero-order valence-corrected chi connectivity index (χ0v) is 8.48. The molecular weight excluding hydrogens is 289 g/mol. The van der Waals surface area contributed by atoms with Gasteiger partial charge in [0.25, 0.3) is 0 Å². The standard InChI is InChI=1S/C7H4INO4/c8-4-1-2-5-7(13-3-12-5)6(4)9(10)11/h1-2H,3H2. The monoisotopic (exact) mass is 293 g/mol. The lowest BCUT2D eigenvalue weighted by molar-refractivity contribution is -0.386. The Bertz CT molecular complexity index is 379. The van der Waals surface area contributed by atoms with Crippen LogP contribution < -0.4 is 9.47 Å². The number of fused-ring (bicyclic) bond motifs is 1. The Hall–Kier alpha value is -1.05. The van der Waals surface area contributed by atoms with Crippen molar-refractivity contribution >= 4 is 28.3 Å². The van der Waals surface area contributed by atoms with Gasteiger partial charge in [-0.25, -0.2) is 0 Å². The highest BCUT2D eigenvalue weighted by Gasteiger charge is 2.28. The van der Waals surface area contributed by atoms with Crippen LogP contribution in [0.1, 0.15) is 0 Å². The van der Waals surface area contributed by atoms with Gasteiger partial charge in [0.1, 0.15) is 0 Å². The minimum atomic E-state index is -0.463. The summed E-state index contributed by atoms with van der Waals surface area (Å²) in [6, 6.07) is 3.29. The first-order valence-corrected chi connectivity index (χ1v) is 4.50. The van der Waals surface area contributed by atoms with Crippen LogP contribution in [0.3, 0.4) is 0 Å². The lowest BCUT2D eigenvalue weighted by Gasteiger charge is -1.98. The molecule has 0 N–H and O–H groups in total. The van der Waals surface area contributed by atoms with Crippen molar-refractivity contribution in [3.05, 3.63) is 25.8 Å². The third kappa shape index (κ3) is 1.30. The summed E-state index contributed by atoms with van der Waals surface area (Å²) in [5.74, 6) is 0.670. The van der Waals surface area contributed by atoms with Gasteiger partial charge in [-0.2, -0.15) is 0 Å². The molecule has 5 nitrogen and oxygen atoms in total. The predicted molar refractivity (Wildman–Crippen MR) is 51.9 cm³/mol. The number of rotatable bonds is 1. The van der Waals surface area contributed by atoms with Crippen LogP contribution in [0.2, 0.25) is 0 Å². The van der Waals surface area contributed by atoms with Gasteiger partial charge in [0.2, 0.25) is 12.5 Å². The van der Waals surface area contributed by atoms with E-state index >= 15 is 0 Å². The smallest absolute Gasteiger partial charge is 0.328 e. The summed E-state index contributed by atoms with van der Waals surface area (Å²) >= 11 is 1.89. The van der Waals surface area contributed by atoms with E-state index < -0.39 is 4.92 Å². The molecule has 0 fully saturated rings. The molecule has 0 spiro atoms. The number of nitro groups is 1.